The van der Waals surface area contributed by atoms with Crippen LogP contribution in [0.2, 0.25) is 0 Å². The van der Waals surface area contributed by atoms with Gasteiger partial charge in [0.05, 0.1) is 5.69 Å². The van der Waals surface area contributed by atoms with Crippen molar-refractivity contribution in [1.82, 2.24) is 0 Å². The van der Waals surface area contributed by atoms with E-state index in [0.717, 1.165) is 25.7 Å². The summed E-state index contributed by atoms with van der Waals surface area (Å²) in [6, 6.07) is 9.30. The highest BCUT2D eigenvalue weighted by atomic mass is 16.2. The Morgan fingerprint density at radius 3 is 1.60 bits per heavy atom. The molecule has 0 aromatic heterocycles. The van der Waals surface area contributed by atoms with Crippen molar-refractivity contribution in [3.05, 3.63) is 30.3 Å². The van der Waals surface area contributed by atoms with E-state index in [9.17, 15) is 9.59 Å². The van der Waals surface area contributed by atoms with Crippen LogP contribution in [0.1, 0.15) is 57.8 Å². The largest absolute Gasteiger partial charge is 0.274 e. The summed E-state index contributed by atoms with van der Waals surface area (Å²) in [5, 5.41) is 0. The number of carbonyl (C=O) groups is 2. The monoisotopic (exact) mass is 273 g/mol. The molecule has 1 aliphatic heterocycles. The Kier molecular flexibility index (Phi) is 5.78. The van der Waals surface area contributed by atoms with E-state index < -0.39 is 0 Å². The van der Waals surface area contributed by atoms with Crippen molar-refractivity contribution in [2.75, 3.05) is 4.90 Å². The number of para-hydroxylation sites is 1. The summed E-state index contributed by atoms with van der Waals surface area (Å²) in [5.74, 6) is -0.108. The quantitative estimate of drug-likeness (QED) is 0.723. The van der Waals surface area contributed by atoms with E-state index in [4.69, 9.17) is 0 Å². The standard InChI is InChI=1S/C17H23NO2/c19-16-13-9-4-2-1-3-5-10-14-17(20)18(16)15-11-7-6-8-12-15/h6-8,11-12H,1-5,9-10,13-14H2. The van der Waals surface area contributed by atoms with Gasteiger partial charge < -0.3 is 0 Å². The minimum atomic E-state index is -0.0539. The number of nitrogens with zero attached hydrogens (tertiary/aromatic N) is 1. The first-order valence-corrected chi connectivity index (χ1v) is 7.70. The summed E-state index contributed by atoms with van der Waals surface area (Å²) in [4.78, 5) is 26.1. The normalized spacial score (nSPS) is 19.3. The molecule has 1 fully saturated rings. The number of amides is 2. The highest BCUT2D eigenvalue weighted by molar-refractivity contribution is 6.14. The summed E-state index contributed by atoms with van der Waals surface area (Å²) in [5.41, 5.74) is 0.708. The molecule has 1 aromatic carbocycles. The maximum Gasteiger partial charge on any atom is 0.233 e. The van der Waals surface area contributed by atoms with E-state index in [1.54, 1.807) is 0 Å². The van der Waals surface area contributed by atoms with Crippen LogP contribution < -0.4 is 4.90 Å². The highest BCUT2D eigenvalue weighted by Crippen LogP contribution is 2.20. The second kappa shape index (κ2) is 7.83. The van der Waals surface area contributed by atoms with Crippen LogP contribution in [0.4, 0.5) is 5.69 Å². The molecule has 0 radical (unpaired) electrons. The van der Waals surface area contributed by atoms with E-state index in [-0.39, 0.29) is 11.8 Å². The van der Waals surface area contributed by atoms with E-state index >= 15 is 0 Å². The minimum absolute atomic E-state index is 0.0539. The van der Waals surface area contributed by atoms with Crippen molar-refractivity contribution in [1.29, 1.82) is 0 Å². The maximum atomic E-state index is 12.3. The van der Waals surface area contributed by atoms with Gasteiger partial charge in [0.2, 0.25) is 11.8 Å². The summed E-state index contributed by atoms with van der Waals surface area (Å²) < 4.78 is 0. The van der Waals surface area contributed by atoms with Crippen LogP contribution >= 0.6 is 0 Å². The topological polar surface area (TPSA) is 37.4 Å². The van der Waals surface area contributed by atoms with Gasteiger partial charge in [0.15, 0.2) is 0 Å². The smallest absolute Gasteiger partial charge is 0.233 e. The molecule has 108 valence electrons. The predicted molar refractivity (Wildman–Crippen MR) is 80.5 cm³/mol. The van der Waals surface area contributed by atoms with Crippen LogP contribution in [-0.2, 0) is 9.59 Å². The first-order chi connectivity index (χ1) is 9.79. The Bertz CT molecular complexity index is 420. The van der Waals surface area contributed by atoms with Crippen LogP contribution in [-0.4, -0.2) is 11.8 Å². The van der Waals surface area contributed by atoms with E-state index in [0.29, 0.717) is 18.5 Å². The third kappa shape index (κ3) is 4.19. The number of hydrogen-bond donors (Lipinski definition) is 0. The van der Waals surface area contributed by atoms with Gasteiger partial charge in [0, 0.05) is 12.8 Å². The van der Waals surface area contributed by atoms with E-state index in [1.165, 1.54) is 24.2 Å². The SMILES string of the molecule is O=C1CCCCCCCCCC(=O)N1c1ccccc1. The molecule has 0 bridgehead atoms. The summed E-state index contributed by atoms with van der Waals surface area (Å²) >= 11 is 0. The lowest BCUT2D eigenvalue weighted by Gasteiger charge is -2.21. The van der Waals surface area contributed by atoms with Crippen LogP contribution in [0.3, 0.4) is 0 Å². The van der Waals surface area contributed by atoms with Crippen molar-refractivity contribution in [2.24, 2.45) is 0 Å². The number of imide groups is 1. The van der Waals surface area contributed by atoms with Gasteiger partial charge in [-0.2, -0.15) is 0 Å². The number of rotatable bonds is 1. The lowest BCUT2D eigenvalue weighted by Crippen LogP contribution is -2.36. The molecular formula is C17H23NO2. The minimum Gasteiger partial charge on any atom is -0.274 e. The molecule has 3 heteroatoms. The van der Waals surface area contributed by atoms with Crippen molar-refractivity contribution in [3.8, 4) is 0 Å². The van der Waals surface area contributed by atoms with Gasteiger partial charge in [-0.25, -0.2) is 0 Å². The number of hydrogen-bond acceptors (Lipinski definition) is 2. The average Bonchev–Trinajstić information content (AvgIpc) is 2.45. The van der Waals surface area contributed by atoms with Gasteiger partial charge in [-0.15, -0.1) is 0 Å². The van der Waals surface area contributed by atoms with Crippen LogP contribution in [0.5, 0.6) is 0 Å². The second-order valence-corrected chi connectivity index (χ2v) is 5.43. The first kappa shape index (κ1) is 14.8. The highest BCUT2D eigenvalue weighted by Gasteiger charge is 2.22. The third-order valence-corrected chi connectivity index (χ3v) is 3.79. The molecule has 20 heavy (non-hydrogen) atoms. The summed E-state index contributed by atoms with van der Waals surface area (Å²) in [7, 11) is 0. The molecule has 1 aromatic rings. The molecule has 0 saturated carbocycles. The van der Waals surface area contributed by atoms with Gasteiger partial charge in [-0.3, -0.25) is 14.5 Å². The van der Waals surface area contributed by atoms with Gasteiger partial charge >= 0.3 is 0 Å². The number of anilines is 1. The van der Waals surface area contributed by atoms with E-state index in [2.05, 4.69) is 0 Å². The maximum absolute atomic E-state index is 12.3. The summed E-state index contributed by atoms with van der Waals surface area (Å²) in [6.07, 6.45) is 8.52. The molecule has 1 aliphatic rings. The first-order valence-electron chi connectivity index (χ1n) is 7.70. The fourth-order valence-electron chi connectivity index (χ4n) is 2.66. The number of carbonyl (C=O) groups excluding carboxylic acids is 2. The fourth-order valence-corrected chi connectivity index (χ4v) is 2.66. The number of benzene rings is 1. The van der Waals surface area contributed by atoms with Crippen molar-refractivity contribution < 1.29 is 9.59 Å². The molecular weight excluding hydrogens is 250 g/mol. The van der Waals surface area contributed by atoms with Crippen molar-refractivity contribution in [2.45, 2.75) is 57.8 Å². The Morgan fingerprint density at radius 2 is 1.10 bits per heavy atom. The van der Waals surface area contributed by atoms with Crippen molar-refractivity contribution >= 4 is 17.5 Å². The predicted octanol–water partition coefficient (Wildman–Crippen LogP) is 4.07. The zero-order valence-corrected chi connectivity index (χ0v) is 12.0. The lowest BCUT2D eigenvalue weighted by molar-refractivity contribution is -0.126. The molecule has 0 atom stereocenters. The molecule has 1 heterocycles. The molecule has 0 N–H and O–H groups in total. The molecule has 0 aliphatic carbocycles. The fraction of sp³-hybridized carbons (Fsp3) is 0.529. The van der Waals surface area contributed by atoms with Crippen molar-refractivity contribution in [3.63, 3.8) is 0 Å². The zero-order chi connectivity index (χ0) is 14.2. The molecule has 2 amide bonds. The molecule has 2 rings (SSSR count). The Morgan fingerprint density at radius 1 is 0.650 bits per heavy atom. The Balaban J connectivity index is 2.13. The second-order valence-electron chi connectivity index (χ2n) is 5.43. The third-order valence-electron chi connectivity index (χ3n) is 3.79. The Labute approximate surface area is 121 Å². The Hall–Kier alpha value is -1.64. The molecule has 1 saturated heterocycles. The lowest BCUT2D eigenvalue weighted by atomic mass is 10.0. The van der Waals surface area contributed by atoms with Crippen LogP contribution in [0.15, 0.2) is 30.3 Å². The van der Waals surface area contributed by atoms with Gasteiger partial charge in [-0.1, -0.05) is 50.3 Å². The van der Waals surface area contributed by atoms with Crippen LogP contribution in [0, 0.1) is 0 Å². The zero-order valence-electron chi connectivity index (χ0n) is 12.0. The van der Waals surface area contributed by atoms with Gasteiger partial charge in [0.25, 0.3) is 0 Å². The average molecular weight is 273 g/mol. The van der Waals surface area contributed by atoms with E-state index in [1.807, 2.05) is 30.3 Å². The molecule has 3 nitrogen and oxygen atoms in total. The van der Waals surface area contributed by atoms with Gasteiger partial charge in [-0.05, 0) is 25.0 Å². The van der Waals surface area contributed by atoms with Gasteiger partial charge in [0.1, 0.15) is 0 Å². The molecule has 0 spiro atoms. The molecule has 0 unspecified atom stereocenters. The van der Waals surface area contributed by atoms with Crippen LogP contribution in [0.25, 0.3) is 0 Å². The summed E-state index contributed by atoms with van der Waals surface area (Å²) in [6.45, 7) is 0.